The van der Waals surface area contributed by atoms with E-state index in [1.54, 1.807) is 0 Å². The van der Waals surface area contributed by atoms with Crippen molar-refractivity contribution in [2.24, 2.45) is 0 Å². The van der Waals surface area contributed by atoms with Crippen LogP contribution in [0.3, 0.4) is 0 Å². The Labute approximate surface area is 122 Å². The highest BCUT2D eigenvalue weighted by atomic mass is 35.5. The molecule has 0 aliphatic carbocycles. The van der Waals surface area contributed by atoms with Crippen LogP contribution < -0.4 is 4.74 Å². The van der Waals surface area contributed by atoms with Gasteiger partial charge in [0.1, 0.15) is 16.5 Å². The van der Waals surface area contributed by atoms with Crippen molar-refractivity contribution in [3.05, 3.63) is 51.7 Å². The Morgan fingerprint density at radius 3 is 2.35 bits per heavy atom. The molecule has 5 heteroatoms. The Morgan fingerprint density at radius 1 is 1.20 bits per heavy atom. The summed E-state index contributed by atoms with van der Waals surface area (Å²) in [5, 5.41) is 9.34. The fourth-order valence-electron chi connectivity index (χ4n) is 2.08. The van der Waals surface area contributed by atoms with Crippen LogP contribution in [0.5, 0.6) is 11.6 Å². The fourth-order valence-corrected chi connectivity index (χ4v) is 2.22. The van der Waals surface area contributed by atoms with Gasteiger partial charge in [-0.15, -0.1) is 0 Å². The maximum absolute atomic E-state index is 11.2. The van der Waals surface area contributed by atoms with E-state index in [-0.39, 0.29) is 16.6 Å². The van der Waals surface area contributed by atoms with Gasteiger partial charge in [0, 0.05) is 0 Å². The van der Waals surface area contributed by atoms with E-state index < -0.39 is 5.97 Å². The maximum Gasteiger partial charge on any atom is 0.341 e. The number of aromatic carboxylic acids is 1. The molecule has 0 saturated heterocycles. The molecular weight excluding hydrogens is 278 g/mol. The number of ether oxygens (including phenoxy) is 1. The topological polar surface area (TPSA) is 59.4 Å². The second-order valence-electron chi connectivity index (χ2n) is 4.62. The highest BCUT2D eigenvalue weighted by Crippen LogP contribution is 2.31. The van der Waals surface area contributed by atoms with E-state index in [9.17, 15) is 4.79 Å². The Hall–Kier alpha value is -2.07. The lowest BCUT2D eigenvalue weighted by atomic mass is 10.1. The van der Waals surface area contributed by atoms with Gasteiger partial charge < -0.3 is 9.84 Å². The molecule has 1 aromatic carbocycles. The van der Waals surface area contributed by atoms with Crippen molar-refractivity contribution >= 4 is 17.6 Å². The number of hydrogen-bond acceptors (Lipinski definition) is 3. The van der Waals surface area contributed by atoms with Crippen molar-refractivity contribution in [2.45, 2.75) is 20.8 Å². The van der Waals surface area contributed by atoms with Crippen molar-refractivity contribution in [2.75, 3.05) is 0 Å². The van der Waals surface area contributed by atoms with E-state index in [2.05, 4.69) is 4.98 Å². The van der Waals surface area contributed by atoms with E-state index in [0.717, 1.165) is 16.7 Å². The molecule has 0 unspecified atom stereocenters. The van der Waals surface area contributed by atoms with Crippen LogP contribution in [0.1, 0.15) is 27.0 Å². The average molecular weight is 292 g/mol. The van der Waals surface area contributed by atoms with Gasteiger partial charge >= 0.3 is 5.97 Å². The minimum Gasteiger partial charge on any atom is -0.477 e. The molecule has 4 nitrogen and oxygen atoms in total. The van der Waals surface area contributed by atoms with E-state index in [1.165, 1.54) is 12.1 Å². The van der Waals surface area contributed by atoms with Crippen LogP contribution in [0.15, 0.2) is 24.3 Å². The largest absolute Gasteiger partial charge is 0.477 e. The number of benzene rings is 1. The number of nitrogens with zero attached hydrogens (tertiary/aromatic N) is 1. The lowest BCUT2D eigenvalue weighted by Gasteiger charge is -2.13. The third-order valence-electron chi connectivity index (χ3n) is 2.86. The van der Waals surface area contributed by atoms with Crippen molar-refractivity contribution in [3.8, 4) is 11.6 Å². The number of carbonyl (C=O) groups is 1. The minimum absolute atomic E-state index is 0.0000491. The molecule has 0 aliphatic rings. The number of carboxylic acid groups (broad SMARTS) is 1. The van der Waals surface area contributed by atoms with Crippen LogP contribution in [0.2, 0.25) is 5.15 Å². The summed E-state index contributed by atoms with van der Waals surface area (Å²) in [6, 6.07) is 6.74. The molecule has 0 radical (unpaired) electrons. The van der Waals surface area contributed by atoms with Crippen molar-refractivity contribution in [3.63, 3.8) is 0 Å². The van der Waals surface area contributed by atoms with Gasteiger partial charge in [0.25, 0.3) is 0 Å². The predicted molar refractivity (Wildman–Crippen MR) is 76.9 cm³/mol. The molecular formula is C15H14ClNO3. The first-order valence-electron chi connectivity index (χ1n) is 6.04. The lowest BCUT2D eigenvalue weighted by molar-refractivity contribution is 0.0693. The first kappa shape index (κ1) is 14.3. The summed E-state index contributed by atoms with van der Waals surface area (Å²) in [5.41, 5.74) is 2.93. The quantitative estimate of drug-likeness (QED) is 0.863. The molecule has 0 amide bonds. The number of carboxylic acids is 1. The SMILES string of the molecule is Cc1cc(C)c(Oc2nc(Cl)ccc2C(=O)O)c(C)c1. The van der Waals surface area contributed by atoms with Gasteiger partial charge in [-0.3, -0.25) is 0 Å². The van der Waals surface area contributed by atoms with Gasteiger partial charge in [0.15, 0.2) is 0 Å². The van der Waals surface area contributed by atoms with Crippen LogP contribution in [0.4, 0.5) is 0 Å². The highest BCUT2D eigenvalue weighted by molar-refractivity contribution is 6.29. The monoisotopic (exact) mass is 291 g/mol. The van der Waals surface area contributed by atoms with Gasteiger partial charge in [0.2, 0.25) is 5.88 Å². The number of aryl methyl sites for hydroxylation is 3. The third kappa shape index (κ3) is 2.91. The molecule has 1 aromatic heterocycles. The normalized spacial score (nSPS) is 10.4. The van der Waals surface area contributed by atoms with Gasteiger partial charge in [-0.1, -0.05) is 29.3 Å². The Balaban J connectivity index is 2.50. The predicted octanol–water partition coefficient (Wildman–Crippen LogP) is 4.15. The molecule has 0 aliphatic heterocycles. The molecule has 1 heterocycles. The first-order chi connectivity index (χ1) is 9.38. The first-order valence-corrected chi connectivity index (χ1v) is 6.42. The summed E-state index contributed by atoms with van der Waals surface area (Å²) in [7, 11) is 0. The lowest BCUT2D eigenvalue weighted by Crippen LogP contribution is -2.03. The summed E-state index contributed by atoms with van der Waals surface area (Å²) in [4.78, 5) is 15.1. The Kier molecular flexibility index (Phi) is 3.95. The number of aromatic nitrogens is 1. The zero-order valence-corrected chi connectivity index (χ0v) is 12.2. The van der Waals surface area contributed by atoms with Crippen molar-refractivity contribution in [1.29, 1.82) is 0 Å². The Bertz CT molecular complexity index is 660. The van der Waals surface area contributed by atoms with E-state index >= 15 is 0 Å². The highest BCUT2D eigenvalue weighted by Gasteiger charge is 2.16. The van der Waals surface area contributed by atoms with E-state index in [0.29, 0.717) is 5.75 Å². The third-order valence-corrected chi connectivity index (χ3v) is 3.07. The van der Waals surface area contributed by atoms with Gasteiger partial charge in [0.05, 0.1) is 0 Å². The summed E-state index contributed by atoms with van der Waals surface area (Å²) < 4.78 is 5.69. The molecule has 2 rings (SSSR count). The smallest absolute Gasteiger partial charge is 0.341 e. The molecule has 1 N–H and O–H groups in total. The van der Waals surface area contributed by atoms with Crippen molar-refractivity contribution in [1.82, 2.24) is 4.98 Å². The second kappa shape index (κ2) is 5.51. The zero-order chi connectivity index (χ0) is 14.9. The summed E-state index contributed by atoms with van der Waals surface area (Å²) in [6.07, 6.45) is 0. The summed E-state index contributed by atoms with van der Waals surface area (Å²) >= 11 is 5.81. The standard InChI is InChI=1S/C15H14ClNO3/c1-8-6-9(2)13(10(3)7-8)20-14-11(15(18)19)4-5-12(16)17-14/h4-7H,1-3H3,(H,18,19). The van der Waals surface area contributed by atoms with Crippen molar-refractivity contribution < 1.29 is 14.6 Å². The molecule has 104 valence electrons. The molecule has 20 heavy (non-hydrogen) atoms. The number of pyridine rings is 1. The average Bonchev–Trinajstić information content (AvgIpc) is 2.33. The second-order valence-corrected chi connectivity index (χ2v) is 5.01. The summed E-state index contributed by atoms with van der Waals surface area (Å²) in [6.45, 7) is 5.80. The molecule has 2 aromatic rings. The molecule has 0 saturated carbocycles. The van der Waals surface area contributed by atoms with Gasteiger partial charge in [-0.2, -0.15) is 0 Å². The molecule has 0 spiro atoms. The van der Waals surface area contributed by atoms with E-state index in [1.807, 2.05) is 32.9 Å². The van der Waals surface area contributed by atoms with Crippen LogP contribution in [0, 0.1) is 20.8 Å². The maximum atomic E-state index is 11.2. The molecule has 0 bridgehead atoms. The van der Waals surface area contributed by atoms with Crippen LogP contribution in [-0.4, -0.2) is 16.1 Å². The van der Waals surface area contributed by atoms with Crippen LogP contribution in [0.25, 0.3) is 0 Å². The van der Waals surface area contributed by atoms with Gasteiger partial charge in [-0.25, -0.2) is 9.78 Å². The summed E-state index contributed by atoms with van der Waals surface area (Å²) in [5.74, 6) is -0.500. The molecule has 0 atom stereocenters. The Morgan fingerprint density at radius 2 is 1.80 bits per heavy atom. The number of hydrogen-bond donors (Lipinski definition) is 1. The fraction of sp³-hybridized carbons (Fsp3) is 0.200. The van der Waals surface area contributed by atoms with Crippen LogP contribution >= 0.6 is 11.6 Å². The number of rotatable bonds is 3. The number of halogens is 1. The zero-order valence-electron chi connectivity index (χ0n) is 11.4. The van der Waals surface area contributed by atoms with E-state index in [4.69, 9.17) is 21.4 Å². The van der Waals surface area contributed by atoms with Gasteiger partial charge in [-0.05, 0) is 44.0 Å². The van der Waals surface area contributed by atoms with Crippen LogP contribution in [-0.2, 0) is 0 Å². The molecule has 0 fully saturated rings. The minimum atomic E-state index is -1.11.